The Morgan fingerprint density at radius 1 is 0.905 bits per heavy atom. The lowest BCUT2D eigenvalue weighted by molar-refractivity contribution is -0.134. The number of nitrogens with zero attached hydrogens (tertiary/aromatic N) is 4. The van der Waals surface area contributed by atoms with Gasteiger partial charge in [-0.2, -0.15) is 0 Å². The highest BCUT2D eigenvalue weighted by molar-refractivity contribution is 5.78. The summed E-state index contributed by atoms with van der Waals surface area (Å²) in [6.45, 7) is 8.94. The summed E-state index contributed by atoms with van der Waals surface area (Å²) >= 11 is 0. The number of carbonyl (C=O) groups excluding carboxylic acids is 2. The fraction of sp³-hybridized carbons (Fsp3) is 0.857. The Morgan fingerprint density at radius 2 is 1.48 bits per heavy atom. The van der Waals surface area contributed by atoms with Crippen LogP contribution in [0.25, 0.3) is 0 Å². The summed E-state index contributed by atoms with van der Waals surface area (Å²) in [5.41, 5.74) is 0. The molecule has 0 aromatic rings. The van der Waals surface area contributed by atoms with Crippen LogP contribution in [0.1, 0.15) is 6.92 Å². The SMILES string of the molecule is CCOC(=O)N1CCN(CC(=O)N2CCN(C)CC2)CC1. The summed E-state index contributed by atoms with van der Waals surface area (Å²) in [6, 6.07) is 0. The highest BCUT2D eigenvalue weighted by Crippen LogP contribution is 2.06. The Labute approximate surface area is 126 Å². The molecule has 0 bridgehead atoms. The van der Waals surface area contributed by atoms with Crippen LogP contribution in [0.15, 0.2) is 0 Å². The van der Waals surface area contributed by atoms with Crippen molar-refractivity contribution in [1.29, 1.82) is 0 Å². The van der Waals surface area contributed by atoms with Gasteiger partial charge in [0.1, 0.15) is 0 Å². The molecule has 21 heavy (non-hydrogen) atoms. The Balaban J connectivity index is 1.70. The summed E-state index contributed by atoms with van der Waals surface area (Å²) in [6.07, 6.45) is -0.248. The standard InChI is InChI=1S/C14H26N4O3/c1-3-21-14(20)18-10-6-16(7-11-18)12-13(19)17-8-4-15(2)5-9-17/h3-12H2,1-2H3. The van der Waals surface area contributed by atoms with Crippen LogP contribution in [0.5, 0.6) is 0 Å². The maximum atomic E-state index is 12.3. The number of hydrogen-bond acceptors (Lipinski definition) is 5. The fourth-order valence-corrected chi connectivity index (χ4v) is 2.65. The number of carbonyl (C=O) groups is 2. The van der Waals surface area contributed by atoms with Crippen LogP contribution < -0.4 is 0 Å². The van der Waals surface area contributed by atoms with Crippen LogP contribution in [0.4, 0.5) is 4.79 Å². The van der Waals surface area contributed by atoms with Crippen molar-refractivity contribution in [3.63, 3.8) is 0 Å². The number of amides is 2. The summed E-state index contributed by atoms with van der Waals surface area (Å²) in [4.78, 5) is 31.9. The van der Waals surface area contributed by atoms with Gasteiger partial charge in [-0.1, -0.05) is 0 Å². The van der Waals surface area contributed by atoms with Gasteiger partial charge in [-0.3, -0.25) is 9.69 Å². The highest BCUT2D eigenvalue weighted by atomic mass is 16.6. The molecule has 2 heterocycles. The average molecular weight is 298 g/mol. The molecule has 0 aromatic carbocycles. The van der Waals surface area contributed by atoms with Crippen molar-refractivity contribution < 1.29 is 14.3 Å². The van der Waals surface area contributed by atoms with Gasteiger partial charge in [0.25, 0.3) is 0 Å². The zero-order valence-corrected chi connectivity index (χ0v) is 13.1. The minimum atomic E-state index is -0.248. The molecular weight excluding hydrogens is 272 g/mol. The Kier molecular flexibility index (Phi) is 5.81. The van der Waals surface area contributed by atoms with Crippen molar-refractivity contribution in [2.75, 3.05) is 72.6 Å². The normalized spacial score (nSPS) is 21.4. The van der Waals surface area contributed by atoms with Crippen molar-refractivity contribution in [1.82, 2.24) is 19.6 Å². The molecule has 7 nitrogen and oxygen atoms in total. The van der Waals surface area contributed by atoms with E-state index in [1.165, 1.54) is 0 Å². The van der Waals surface area contributed by atoms with Crippen molar-refractivity contribution in [3.8, 4) is 0 Å². The number of ether oxygens (including phenoxy) is 1. The van der Waals surface area contributed by atoms with E-state index in [0.29, 0.717) is 26.2 Å². The lowest BCUT2D eigenvalue weighted by atomic mass is 10.3. The third-order valence-corrected chi connectivity index (χ3v) is 4.11. The molecule has 0 aliphatic carbocycles. The van der Waals surface area contributed by atoms with Crippen molar-refractivity contribution in [2.24, 2.45) is 0 Å². The van der Waals surface area contributed by atoms with E-state index in [1.54, 1.807) is 4.90 Å². The predicted molar refractivity (Wildman–Crippen MR) is 79.1 cm³/mol. The van der Waals surface area contributed by atoms with Crippen LogP contribution in [-0.2, 0) is 9.53 Å². The van der Waals surface area contributed by atoms with Gasteiger partial charge in [0.15, 0.2) is 0 Å². The number of piperazine rings is 2. The van der Waals surface area contributed by atoms with Gasteiger partial charge < -0.3 is 19.4 Å². The Hall–Kier alpha value is -1.34. The average Bonchev–Trinajstić information content (AvgIpc) is 2.49. The van der Waals surface area contributed by atoms with E-state index in [4.69, 9.17) is 4.74 Å². The Morgan fingerprint density at radius 3 is 2.05 bits per heavy atom. The van der Waals surface area contributed by atoms with Crippen LogP contribution in [0.3, 0.4) is 0 Å². The number of rotatable bonds is 3. The second-order valence-corrected chi connectivity index (χ2v) is 5.65. The zero-order valence-electron chi connectivity index (χ0n) is 13.1. The van der Waals surface area contributed by atoms with E-state index in [0.717, 1.165) is 39.3 Å². The molecule has 120 valence electrons. The highest BCUT2D eigenvalue weighted by Gasteiger charge is 2.25. The Bertz CT molecular complexity index is 361. The molecule has 2 aliphatic heterocycles. The van der Waals surface area contributed by atoms with Crippen molar-refractivity contribution in [2.45, 2.75) is 6.92 Å². The van der Waals surface area contributed by atoms with E-state index in [2.05, 4.69) is 16.8 Å². The second kappa shape index (κ2) is 7.61. The predicted octanol–water partition coefficient (Wildman–Crippen LogP) is -0.465. The molecule has 0 unspecified atom stereocenters. The first kappa shape index (κ1) is 16.0. The zero-order chi connectivity index (χ0) is 15.2. The molecule has 0 saturated carbocycles. The third-order valence-electron chi connectivity index (χ3n) is 4.11. The summed E-state index contributed by atoms with van der Waals surface area (Å²) in [5, 5.41) is 0. The van der Waals surface area contributed by atoms with E-state index in [9.17, 15) is 9.59 Å². The molecule has 0 atom stereocenters. The molecule has 0 N–H and O–H groups in total. The van der Waals surface area contributed by atoms with Crippen molar-refractivity contribution in [3.05, 3.63) is 0 Å². The molecule has 2 aliphatic rings. The topological polar surface area (TPSA) is 56.3 Å². The number of hydrogen-bond donors (Lipinski definition) is 0. The lowest BCUT2D eigenvalue weighted by Crippen LogP contribution is -2.54. The van der Waals surface area contributed by atoms with Crippen molar-refractivity contribution >= 4 is 12.0 Å². The minimum absolute atomic E-state index is 0.202. The molecule has 0 radical (unpaired) electrons. The fourth-order valence-electron chi connectivity index (χ4n) is 2.65. The van der Waals surface area contributed by atoms with Gasteiger partial charge in [-0.05, 0) is 14.0 Å². The molecule has 0 aromatic heterocycles. The van der Waals surface area contributed by atoms with Crippen LogP contribution in [-0.4, -0.2) is 104 Å². The molecule has 2 amide bonds. The first-order valence-corrected chi connectivity index (χ1v) is 7.70. The summed E-state index contributed by atoms with van der Waals surface area (Å²) in [7, 11) is 2.08. The molecule has 2 fully saturated rings. The summed E-state index contributed by atoms with van der Waals surface area (Å²) in [5.74, 6) is 0.202. The molecule has 7 heteroatoms. The molecule has 2 rings (SSSR count). The van der Waals surface area contributed by atoms with Gasteiger partial charge in [-0.25, -0.2) is 4.79 Å². The number of likely N-dealkylation sites (N-methyl/N-ethyl adjacent to an activating group) is 1. The quantitative estimate of drug-likeness (QED) is 0.705. The van der Waals surface area contributed by atoms with E-state index in [-0.39, 0.29) is 12.0 Å². The van der Waals surface area contributed by atoms with E-state index < -0.39 is 0 Å². The van der Waals surface area contributed by atoms with Gasteiger partial charge in [0, 0.05) is 52.4 Å². The minimum Gasteiger partial charge on any atom is -0.450 e. The second-order valence-electron chi connectivity index (χ2n) is 5.65. The van der Waals surface area contributed by atoms with Gasteiger partial charge >= 0.3 is 6.09 Å². The maximum absolute atomic E-state index is 12.3. The van der Waals surface area contributed by atoms with Crippen LogP contribution >= 0.6 is 0 Å². The molecular formula is C14H26N4O3. The van der Waals surface area contributed by atoms with Crippen LogP contribution in [0, 0.1) is 0 Å². The third kappa shape index (κ3) is 4.57. The smallest absolute Gasteiger partial charge is 0.409 e. The van der Waals surface area contributed by atoms with E-state index >= 15 is 0 Å². The molecule has 2 saturated heterocycles. The monoisotopic (exact) mass is 298 g/mol. The molecule has 0 spiro atoms. The maximum Gasteiger partial charge on any atom is 0.409 e. The van der Waals surface area contributed by atoms with Gasteiger partial charge in [0.05, 0.1) is 13.2 Å². The lowest BCUT2D eigenvalue weighted by Gasteiger charge is -2.36. The first-order chi connectivity index (χ1) is 10.1. The first-order valence-electron chi connectivity index (χ1n) is 7.70. The van der Waals surface area contributed by atoms with E-state index in [1.807, 2.05) is 11.8 Å². The largest absolute Gasteiger partial charge is 0.450 e. The van der Waals surface area contributed by atoms with Gasteiger partial charge in [-0.15, -0.1) is 0 Å². The summed E-state index contributed by atoms with van der Waals surface area (Å²) < 4.78 is 4.99. The van der Waals surface area contributed by atoms with Crippen LogP contribution in [0.2, 0.25) is 0 Å². The van der Waals surface area contributed by atoms with Gasteiger partial charge in [0.2, 0.25) is 5.91 Å².